The van der Waals surface area contributed by atoms with E-state index in [1.807, 2.05) is 0 Å². The van der Waals surface area contributed by atoms with Crippen LogP contribution in [0, 0.1) is 0 Å². The molecule has 178 valence electrons. The van der Waals surface area contributed by atoms with Crippen LogP contribution in [0.3, 0.4) is 0 Å². The Morgan fingerprint density at radius 1 is 1.09 bits per heavy atom. The Balaban J connectivity index is 1.68. The molecule has 0 fully saturated rings. The summed E-state index contributed by atoms with van der Waals surface area (Å²) in [6.45, 7) is 5.93. The highest BCUT2D eigenvalue weighted by Gasteiger charge is 2.21. The third kappa shape index (κ3) is 6.67. The Hall–Kier alpha value is -2.23. The van der Waals surface area contributed by atoms with Crippen molar-refractivity contribution in [3.8, 4) is 0 Å². The second-order valence-electron chi connectivity index (χ2n) is 7.03. The van der Waals surface area contributed by atoms with Gasteiger partial charge in [-0.2, -0.15) is 0 Å². The minimum absolute atomic E-state index is 0.0800. The van der Waals surface area contributed by atoms with Crippen LogP contribution in [0.1, 0.15) is 29.1 Å². The van der Waals surface area contributed by atoms with Crippen LogP contribution in [-0.4, -0.2) is 32.3 Å². The fourth-order valence-corrected chi connectivity index (χ4v) is 4.49. The van der Waals surface area contributed by atoms with Crippen molar-refractivity contribution in [2.45, 2.75) is 24.7 Å². The summed E-state index contributed by atoms with van der Waals surface area (Å²) in [6.07, 6.45) is 1.68. The van der Waals surface area contributed by atoms with Crippen molar-refractivity contribution in [2.24, 2.45) is 0 Å². The zero-order valence-corrected chi connectivity index (χ0v) is 21.7. The van der Waals surface area contributed by atoms with Gasteiger partial charge in [0.05, 0.1) is 32.4 Å². The lowest BCUT2D eigenvalue weighted by Gasteiger charge is -2.16. The molecule has 0 saturated heterocycles. The lowest BCUT2D eigenvalue weighted by molar-refractivity contribution is -0.113. The molecule has 0 radical (unpaired) electrons. The van der Waals surface area contributed by atoms with E-state index in [9.17, 15) is 9.59 Å². The van der Waals surface area contributed by atoms with Crippen molar-refractivity contribution in [1.82, 2.24) is 20.1 Å². The number of hydrogen-bond donors (Lipinski definition) is 2. The van der Waals surface area contributed by atoms with E-state index in [-0.39, 0.29) is 22.6 Å². The predicted molar refractivity (Wildman–Crippen MR) is 138 cm³/mol. The summed E-state index contributed by atoms with van der Waals surface area (Å²) in [4.78, 5) is 25.1. The van der Waals surface area contributed by atoms with Crippen LogP contribution in [0.25, 0.3) is 0 Å². The van der Waals surface area contributed by atoms with E-state index in [2.05, 4.69) is 27.4 Å². The van der Waals surface area contributed by atoms with E-state index in [0.717, 1.165) is 0 Å². The van der Waals surface area contributed by atoms with Crippen LogP contribution in [0.15, 0.2) is 54.2 Å². The van der Waals surface area contributed by atoms with Crippen molar-refractivity contribution < 1.29 is 9.59 Å². The summed E-state index contributed by atoms with van der Waals surface area (Å²) in [5.41, 5.74) is 0.826. The Labute approximate surface area is 220 Å². The molecule has 1 aromatic heterocycles. The Kier molecular flexibility index (Phi) is 9.27. The number of halogens is 4. The van der Waals surface area contributed by atoms with Crippen LogP contribution in [0.5, 0.6) is 0 Å². The molecule has 34 heavy (non-hydrogen) atoms. The molecule has 2 aromatic carbocycles. The van der Waals surface area contributed by atoms with Gasteiger partial charge in [-0.25, -0.2) is 0 Å². The number of allylic oxidation sites excluding steroid dienone is 1. The highest BCUT2D eigenvalue weighted by atomic mass is 35.5. The Morgan fingerprint density at radius 2 is 1.85 bits per heavy atom. The number of aromatic nitrogens is 3. The number of carbonyl (C=O) groups is 2. The topological polar surface area (TPSA) is 88.9 Å². The first kappa shape index (κ1) is 26.4. The summed E-state index contributed by atoms with van der Waals surface area (Å²) in [6, 6.07) is 8.98. The number of benzene rings is 2. The first-order valence-corrected chi connectivity index (χ1v) is 12.4. The molecule has 3 aromatic rings. The summed E-state index contributed by atoms with van der Waals surface area (Å²) in [5.74, 6) is -0.0449. The molecule has 1 heterocycles. The molecule has 0 aliphatic rings. The highest BCUT2D eigenvalue weighted by Crippen LogP contribution is 2.26. The number of thioether (sulfide) groups is 1. The van der Waals surface area contributed by atoms with Gasteiger partial charge in [0.1, 0.15) is 0 Å². The predicted octanol–water partition coefficient (Wildman–Crippen LogP) is 6.30. The molecule has 7 nitrogen and oxygen atoms in total. The van der Waals surface area contributed by atoms with Gasteiger partial charge in [-0.1, -0.05) is 64.2 Å². The molecule has 0 saturated carbocycles. The zero-order valence-electron chi connectivity index (χ0n) is 17.8. The third-order valence-corrected chi connectivity index (χ3v) is 6.76. The van der Waals surface area contributed by atoms with Crippen molar-refractivity contribution in [2.75, 3.05) is 11.1 Å². The molecular formula is C22H19Cl4N5O2S. The zero-order chi connectivity index (χ0) is 24.8. The minimum Gasteiger partial charge on any atom is -0.342 e. The molecule has 0 spiro atoms. The van der Waals surface area contributed by atoms with Gasteiger partial charge in [0.25, 0.3) is 5.91 Å². The quantitative estimate of drug-likeness (QED) is 0.237. The van der Waals surface area contributed by atoms with E-state index in [0.29, 0.717) is 43.8 Å². The SMILES string of the molecule is C=CCn1c(SCC(=O)Nc2ccc(Cl)c(Cl)c2)nnc1[C@@H](C)NC(=O)c1ccc(Cl)cc1Cl. The lowest BCUT2D eigenvalue weighted by Crippen LogP contribution is -2.29. The first-order chi connectivity index (χ1) is 16.2. The number of carbonyl (C=O) groups excluding carboxylic acids is 2. The molecule has 2 amide bonds. The molecule has 12 heteroatoms. The van der Waals surface area contributed by atoms with Crippen molar-refractivity contribution in [3.63, 3.8) is 0 Å². The highest BCUT2D eigenvalue weighted by molar-refractivity contribution is 7.99. The molecule has 0 aliphatic carbocycles. The fraction of sp³-hybridized carbons (Fsp3) is 0.182. The summed E-state index contributed by atoms with van der Waals surface area (Å²) >= 11 is 25.1. The van der Waals surface area contributed by atoms with Crippen LogP contribution in [-0.2, 0) is 11.3 Å². The van der Waals surface area contributed by atoms with Gasteiger partial charge in [-0.05, 0) is 43.3 Å². The van der Waals surface area contributed by atoms with Gasteiger partial charge >= 0.3 is 0 Å². The number of nitrogens with one attached hydrogen (secondary N) is 2. The third-order valence-electron chi connectivity index (χ3n) is 4.50. The molecule has 2 N–H and O–H groups in total. The summed E-state index contributed by atoms with van der Waals surface area (Å²) in [7, 11) is 0. The van der Waals surface area contributed by atoms with Gasteiger partial charge in [-0.3, -0.25) is 9.59 Å². The second-order valence-corrected chi connectivity index (χ2v) is 9.63. The van der Waals surface area contributed by atoms with E-state index < -0.39 is 6.04 Å². The Morgan fingerprint density at radius 3 is 2.53 bits per heavy atom. The van der Waals surface area contributed by atoms with Gasteiger partial charge in [0, 0.05) is 17.3 Å². The number of hydrogen-bond acceptors (Lipinski definition) is 5. The average molecular weight is 559 g/mol. The number of amides is 2. The second kappa shape index (κ2) is 12.0. The van der Waals surface area contributed by atoms with Crippen molar-refractivity contribution in [1.29, 1.82) is 0 Å². The van der Waals surface area contributed by atoms with E-state index >= 15 is 0 Å². The largest absolute Gasteiger partial charge is 0.342 e. The van der Waals surface area contributed by atoms with E-state index in [1.54, 1.807) is 47.9 Å². The number of nitrogens with zero attached hydrogens (tertiary/aromatic N) is 3. The standard InChI is InChI=1S/C22H19Cl4N5O2S/c1-3-8-31-20(12(2)27-21(33)15-6-4-13(23)9-17(15)25)29-30-22(31)34-11-19(32)28-14-5-7-16(24)18(26)10-14/h3-7,9-10,12H,1,8,11H2,2H3,(H,27,33)(H,28,32)/t12-/m1/s1. The smallest absolute Gasteiger partial charge is 0.253 e. The fourth-order valence-electron chi connectivity index (χ4n) is 2.94. The maximum absolute atomic E-state index is 12.7. The van der Waals surface area contributed by atoms with E-state index in [1.165, 1.54) is 17.8 Å². The average Bonchev–Trinajstić information content (AvgIpc) is 3.17. The normalized spacial score (nSPS) is 11.7. The first-order valence-electron chi connectivity index (χ1n) is 9.87. The molecule has 0 bridgehead atoms. The van der Waals surface area contributed by atoms with Gasteiger partial charge < -0.3 is 15.2 Å². The van der Waals surface area contributed by atoms with Gasteiger partial charge in [0.15, 0.2) is 11.0 Å². The van der Waals surface area contributed by atoms with Gasteiger partial charge in [-0.15, -0.1) is 16.8 Å². The molecule has 0 unspecified atom stereocenters. The van der Waals surface area contributed by atoms with Crippen molar-refractivity contribution >= 4 is 75.7 Å². The maximum Gasteiger partial charge on any atom is 0.253 e. The molecular weight excluding hydrogens is 540 g/mol. The Bertz CT molecular complexity index is 1230. The van der Waals surface area contributed by atoms with E-state index in [4.69, 9.17) is 46.4 Å². The molecule has 1 atom stereocenters. The number of anilines is 1. The monoisotopic (exact) mass is 557 g/mol. The van der Waals surface area contributed by atoms with Crippen LogP contribution >= 0.6 is 58.2 Å². The summed E-state index contributed by atoms with van der Waals surface area (Å²) in [5, 5.41) is 15.9. The minimum atomic E-state index is -0.494. The van der Waals surface area contributed by atoms with Crippen molar-refractivity contribution in [3.05, 3.63) is 80.5 Å². The van der Waals surface area contributed by atoms with Crippen LogP contribution < -0.4 is 10.6 Å². The maximum atomic E-state index is 12.7. The van der Waals surface area contributed by atoms with Crippen LogP contribution in [0.2, 0.25) is 20.1 Å². The lowest BCUT2D eigenvalue weighted by atomic mass is 10.2. The van der Waals surface area contributed by atoms with Crippen LogP contribution in [0.4, 0.5) is 5.69 Å². The molecule has 0 aliphatic heterocycles. The summed E-state index contributed by atoms with van der Waals surface area (Å²) < 4.78 is 1.78. The molecule has 3 rings (SSSR count). The van der Waals surface area contributed by atoms with Gasteiger partial charge in [0.2, 0.25) is 5.91 Å². The number of rotatable bonds is 9.